The summed E-state index contributed by atoms with van der Waals surface area (Å²) >= 11 is 0. The molecule has 4 nitrogen and oxygen atoms in total. The van der Waals surface area contributed by atoms with E-state index in [2.05, 4.69) is 15.1 Å². The third-order valence-electron chi connectivity index (χ3n) is 3.14. The van der Waals surface area contributed by atoms with Crippen molar-refractivity contribution < 1.29 is 0 Å². The molecule has 0 atom stereocenters. The molecule has 1 saturated heterocycles. The Morgan fingerprint density at radius 1 is 0.938 bits per heavy atom. The normalized spacial score (nSPS) is 17.2. The zero-order chi connectivity index (χ0) is 10.8. The SMILES string of the molecule is c1ccc2nn(CCN3CCCC3)nc2c1. The molecule has 4 heteroatoms. The van der Waals surface area contributed by atoms with Crippen molar-refractivity contribution in [2.75, 3.05) is 19.6 Å². The van der Waals surface area contributed by atoms with Crippen LogP contribution in [0.3, 0.4) is 0 Å². The quantitative estimate of drug-likeness (QED) is 0.780. The Morgan fingerprint density at radius 2 is 1.56 bits per heavy atom. The molecular weight excluding hydrogens is 200 g/mol. The molecule has 0 unspecified atom stereocenters. The third kappa shape index (κ3) is 1.93. The van der Waals surface area contributed by atoms with Crippen molar-refractivity contribution in [1.29, 1.82) is 0 Å². The minimum absolute atomic E-state index is 0.898. The molecule has 0 bridgehead atoms. The molecule has 84 valence electrons. The first kappa shape index (κ1) is 9.78. The number of rotatable bonds is 3. The largest absolute Gasteiger partial charge is 0.301 e. The van der Waals surface area contributed by atoms with Crippen molar-refractivity contribution in [3.8, 4) is 0 Å². The summed E-state index contributed by atoms with van der Waals surface area (Å²) in [6.45, 7) is 4.44. The maximum Gasteiger partial charge on any atom is 0.113 e. The van der Waals surface area contributed by atoms with E-state index in [0.29, 0.717) is 0 Å². The summed E-state index contributed by atoms with van der Waals surface area (Å²) in [5, 5.41) is 8.91. The van der Waals surface area contributed by atoms with Gasteiger partial charge in [0.2, 0.25) is 0 Å². The predicted molar refractivity (Wildman–Crippen MR) is 63.2 cm³/mol. The fraction of sp³-hybridized carbons (Fsp3) is 0.500. The Bertz CT molecular complexity index is 438. The molecular formula is C12H16N4. The number of aromatic nitrogens is 3. The average molecular weight is 216 g/mol. The van der Waals surface area contributed by atoms with Crippen LogP contribution in [0.25, 0.3) is 11.0 Å². The Morgan fingerprint density at radius 3 is 2.19 bits per heavy atom. The van der Waals surface area contributed by atoms with E-state index in [0.717, 1.165) is 24.1 Å². The number of hydrogen-bond acceptors (Lipinski definition) is 3. The van der Waals surface area contributed by atoms with Gasteiger partial charge in [0, 0.05) is 6.54 Å². The zero-order valence-electron chi connectivity index (χ0n) is 9.34. The second-order valence-electron chi connectivity index (χ2n) is 4.33. The second-order valence-corrected chi connectivity index (χ2v) is 4.33. The molecule has 2 aromatic rings. The lowest BCUT2D eigenvalue weighted by atomic mass is 10.3. The van der Waals surface area contributed by atoms with Crippen LogP contribution < -0.4 is 0 Å². The van der Waals surface area contributed by atoms with Gasteiger partial charge < -0.3 is 4.90 Å². The van der Waals surface area contributed by atoms with Gasteiger partial charge in [-0.2, -0.15) is 15.0 Å². The van der Waals surface area contributed by atoms with Gasteiger partial charge in [0.15, 0.2) is 0 Å². The Hall–Kier alpha value is -1.42. The maximum absolute atomic E-state index is 4.45. The first-order chi connectivity index (χ1) is 7.92. The Labute approximate surface area is 94.9 Å². The smallest absolute Gasteiger partial charge is 0.113 e. The van der Waals surface area contributed by atoms with E-state index in [-0.39, 0.29) is 0 Å². The van der Waals surface area contributed by atoms with Crippen molar-refractivity contribution in [1.82, 2.24) is 19.9 Å². The molecule has 1 aliphatic rings. The second kappa shape index (κ2) is 4.22. The highest BCUT2D eigenvalue weighted by Gasteiger charge is 2.11. The molecule has 1 aliphatic heterocycles. The lowest BCUT2D eigenvalue weighted by Gasteiger charge is -2.12. The van der Waals surface area contributed by atoms with Crippen LogP contribution in [0.15, 0.2) is 24.3 Å². The van der Waals surface area contributed by atoms with Gasteiger partial charge >= 0.3 is 0 Å². The maximum atomic E-state index is 4.45. The first-order valence-corrected chi connectivity index (χ1v) is 5.94. The van der Waals surface area contributed by atoms with Gasteiger partial charge in [-0.3, -0.25) is 0 Å². The number of nitrogens with zero attached hydrogens (tertiary/aromatic N) is 4. The van der Waals surface area contributed by atoms with Crippen molar-refractivity contribution in [3.05, 3.63) is 24.3 Å². The number of benzene rings is 1. The highest BCUT2D eigenvalue weighted by molar-refractivity contribution is 5.72. The molecule has 16 heavy (non-hydrogen) atoms. The fourth-order valence-corrected chi connectivity index (χ4v) is 2.24. The number of likely N-dealkylation sites (tertiary alicyclic amines) is 1. The summed E-state index contributed by atoms with van der Waals surface area (Å²) in [6, 6.07) is 8.02. The topological polar surface area (TPSA) is 34.0 Å². The Kier molecular flexibility index (Phi) is 2.58. The van der Waals surface area contributed by atoms with E-state index in [9.17, 15) is 0 Å². The first-order valence-electron chi connectivity index (χ1n) is 5.94. The number of fused-ring (bicyclic) bond motifs is 1. The van der Waals surface area contributed by atoms with Gasteiger partial charge in [-0.25, -0.2) is 0 Å². The summed E-state index contributed by atoms with van der Waals surface area (Å²) in [7, 11) is 0. The van der Waals surface area contributed by atoms with E-state index in [1.54, 1.807) is 0 Å². The molecule has 1 fully saturated rings. The fourth-order valence-electron chi connectivity index (χ4n) is 2.24. The summed E-state index contributed by atoms with van der Waals surface area (Å²) < 4.78 is 0. The molecule has 2 heterocycles. The highest BCUT2D eigenvalue weighted by Crippen LogP contribution is 2.09. The van der Waals surface area contributed by atoms with E-state index >= 15 is 0 Å². The average Bonchev–Trinajstić information content (AvgIpc) is 2.95. The minimum atomic E-state index is 0.898. The molecule has 0 spiro atoms. The van der Waals surface area contributed by atoms with Crippen LogP contribution >= 0.6 is 0 Å². The van der Waals surface area contributed by atoms with Gasteiger partial charge in [0.1, 0.15) is 11.0 Å². The zero-order valence-corrected chi connectivity index (χ0v) is 9.34. The van der Waals surface area contributed by atoms with Gasteiger partial charge in [-0.15, -0.1) is 0 Å². The molecule has 0 amide bonds. The van der Waals surface area contributed by atoms with Crippen LogP contribution in [0.1, 0.15) is 12.8 Å². The van der Waals surface area contributed by atoms with E-state index in [1.165, 1.54) is 25.9 Å². The lowest BCUT2D eigenvalue weighted by Crippen LogP contribution is -2.24. The summed E-state index contributed by atoms with van der Waals surface area (Å²) in [5.41, 5.74) is 1.98. The summed E-state index contributed by atoms with van der Waals surface area (Å²) in [6.07, 6.45) is 2.68. The van der Waals surface area contributed by atoms with Crippen LogP contribution in [0.2, 0.25) is 0 Å². The van der Waals surface area contributed by atoms with E-state index in [4.69, 9.17) is 0 Å². The standard InChI is InChI=1S/C12H16N4/c1-2-6-12-11(5-1)13-16(14-12)10-9-15-7-3-4-8-15/h1-2,5-6H,3-4,7-10H2. The molecule has 0 aliphatic carbocycles. The number of hydrogen-bond donors (Lipinski definition) is 0. The van der Waals surface area contributed by atoms with E-state index in [1.807, 2.05) is 29.1 Å². The highest BCUT2D eigenvalue weighted by atomic mass is 15.5. The third-order valence-corrected chi connectivity index (χ3v) is 3.14. The molecule has 3 rings (SSSR count). The van der Waals surface area contributed by atoms with Crippen LogP contribution in [-0.4, -0.2) is 39.5 Å². The van der Waals surface area contributed by atoms with Crippen molar-refractivity contribution >= 4 is 11.0 Å². The van der Waals surface area contributed by atoms with Crippen molar-refractivity contribution in [2.24, 2.45) is 0 Å². The molecule has 0 radical (unpaired) electrons. The Balaban J connectivity index is 1.69. The summed E-state index contributed by atoms with van der Waals surface area (Å²) in [4.78, 5) is 4.30. The summed E-state index contributed by atoms with van der Waals surface area (Å²) in [5.74, 6) is 0. The van der Waals surface area contributed by atoms with Gasteiger partial charge in [0.05, 0.1) is 6.54 Å². The van der Waals surface area contributed by atoms with Crippen LogP contribution in [-0.2, 0) is 6.54 Å². The molecule has 1 aromatic heterocycles. The predicted octanol–water partition coefficient (Wildman–Crippen LogP) is 1.53. The van der Waals surface area contributed by atoms with Crippen LogP contribution in [0.5, 0.6) is 0 Å². The monoisotopic (exact) mass is 216 g/mol. The minimum Gasteiger partial charge on any atom is -0.301 e. The van der Waals surface area contributed by atoms with Gasteiger partial charge in [0.25, 0.3) is 0 Å². The van der Waals surface area contributed by atoms with Crippen molar-refractivity contribution in [3.63, 3.8) is 0 Å². The molecule has 1 aromatic carbocycles. The van der Waals surface area contributed by atoms with Crippen LogP contribution in [0.4, 0.5) is 0 Å². The van der Waals surface area contributed by atoms with Crippen molar-refractivity contribution in [2.45, 2.75) is 19.4 Å². The van der Waals surface area contributed by atoms with Gasteiger partial charge in [-0.1, -0.05) is 12.1 Å². The molecule has 0 N–H and O–H groups in total. The van der Waals surface area contributed by atoms with E-state index < -0.39 is 0 Å². The molecule has 0 saturated carbocycles. The van der Waals surface area contributed by atoms with Crippen LogP contribution in [0, 0.1) is 0 Å². The van der Waals surface area contributed by atoms with Gasteiger partial charge in [-0.05, 0) is 38.1 Å². The lowest BCUT2D eigenvalue weighted by molar-refractivity contribution is 0.307.